The van der Waals surface area contributed by atoms with Gasteiger partial charge in [0.05, 0.1) is 33.1 Å². The normalized spacial score (nSPS) is 28.0. The van der Waals surface area contributed by atoms with Crippen LogP contribution < -0.4 is 14.7 Å². The van der Waals surface area contributed by atoms with Gasteiger partial charge in [-0.05, 0) is 49.1 Å². The molecule has 4 amide bonds. The van der Waals surface area contributed by atoms with Crippen molar-refractivity contribution in [3.63, 3.8) is 0 Å². The van der Waals surface area contributed by atoms with E-state index in [-0.39, 0.29) is 28.9 Å². The van der Waals surface area contributed by atoms with Crippen LogP contribution in [0.15, 0.2) is 66.2 Å². The van der Waals surface area contributed by atoms with E-state index in [2.05, 4.69) is 0 Å². The molecule has 1 saturated carbocycles. The summed E-state index contributed by atoms with van der Waals surface area (Å²) in [6, 6.07) is 9.51. The second-order valence-corrected chi connectivity index (χ2v) is 14.4. The number of nitro groups is 2. The number of rotatable bonds is 6. The zero-order chi connectivity index (χ0) is 37.8. The number of para-hydroxylation sites is 1. The Morgan fingerprint density at radius 2 is 1.48 bits per heavy atom. The number of phenols is 1. The van der Waals surface area contributed by atoms with Crippen molar-refractivity contribution in [2.75, 3.05) is 28.8 Å². The number of amides is 4. The molecule has 0 bridgehead atoms. The summed E-state index contributed by atoms with van der Waals surface area (Å²) in [6.07, 6.45) is 0.817. The van der Waals surface area contributed by atoms with Gasteiger partial charge in [-0.2, -0.15) is 0 Å². The smallest absolute Gasteiger partial charge is 0.301 e. The molecule has 4 aliphatic rings. The molecule has 2 heterocycles. The Balaban J connectivity index is 1.40. The van der Waals surface area contributed by atoms with E-state index >= 15 is 0 Å². The molecule has 2 aliphatic carbocycles. The summed E-state index contributed by atoms with van der Waals surface area (Å²) in [4.78, 5) is 77.2. The van der Waals surface area contributed by atoms with Crippen LogP contribution in [0.1, 0.15) is 24.3 Å². The Kier molecular flexibility index (Phi) is 7.92. The van der Waals surface area contributed by atoms with E-state index in [9.17, 15) is 53.3 Å². The van der Waals surface area contributed by atoms with Gasteiger partial charge in [0.15, 0.2) is 27.0 Å². The fraction of sp³-hybridized carbons (Fsp3) is 0.294. The summed E-state index contributed by atoms with van der Waals surface area (Å²) in [5, 5.41) is 35.1. The van der Waals surface area contributed by atoms with Gasteiger partial charge in [0.25, 0.3) is 11.8 Å². The van der Waals surface area contributed by atoms with E-state index in [4.69, 9.17) is 23.2 Å². The molecule has 14 nitrogen and oxygen atoms in total. The molecule has 2 saturated heterocycles. The lowest BCUT2D eigenvalue weighted by Crippen LogP contribution is -2.60. The molecule has 0 radical (unpaired) electrons. The third-order valence-electron chi connectivity index (χ3n) is 10.4. The minimum Gasteiger partial charge on any atom is -0.505 e. The maximum absolute atomic E-state index is 15.0. The lowest BCUT2D eigenvalue weighted by atomic mass is 9.56. The van der Waals surface area contributed by atoms with Gasteiger partial charge in [0.1, 0.15) is 5.82 Å². The topological polar surface area (TPSA) is 185 Å². The third kappa shape index (κ3) is 4.59. The number of imide groups is 2. The molecule has 268 valence electrons. The first-order chi connectivity index (χ1) is 24.4. The number of carbonyl (C=O) groups excluding carboxylic acids is 4. The number of carbonyl (C=O) groups is 4. The Labute approximate surface area is 302 Å². The van der Waals surface area contributed by atoms with Crippen molar-refractivity contribution >= 4 is 75.3 Å². The molecule has 3 aromatic carbocycles. The summed E-state index contributed by atoms with van der Waals surface area (Å²) in [6.45, 7) is 0. The molecule has 6 atom stereocenters. The highest BCUT2D eigenvalue weighted by Gasteiger charge is 2.77. The van der Waals surface area contributed by atoms with E-state index in [1.165, 1.54) is 32.3 Å². The van der Waals surface area contributed by atoms with Crippen LogP contribution in [0.3, 0.4) is 0 Å². The van der Waals surface area contributed by atoms with Gasteiger partial charge in [-0.15, -0.1) is 23.2 Å². The fourth-order valence-corrected chi connectivity index (χ4v) is 9.15. The van der Waals surface area contributed by atoms with Gasteiger partial charge < -0.3 is 10.0 Å². The van der Waals surface area contributed by atoms with Crippen LogP contribution in [0.25, 0.3) is 0 Å². The molecule has 0 unspecified atom stereocenters. The maximum Gasteiger partial charge on any atom is 0.301 e. The predicted octanol–water partition coefficient (Wildman–Crippen LogP) is 5.32. The van der Waals surface area contributed by atoms with Crippen molar-refractivity contribution in [3.05, 3.63) is 104 Å². The van der Waals surface area contributed by atoms with Gasteiger partial charge in [-0.25, -0.2) is 18.6 Å². The summed E-state index contributed by atoms with van der Waals surface area (Å²) in [5.74, 6) is -11.8. The highest BCUT2D eigenvalue weighted by molar-refractivity contribution is 6.58. The minimum absolute atomic E-state index is 0.0921. The van der Waals surface area contributed by atoms with Gasteiger partial charge >= 0.3 is 11.4 Å². The molecule has 0 spiro atoms. The number of phenolic OH excluding ortho intramolecular Hbond substituents is 1. The van der Waals surface area contributed by atoms with E-state index in [0.29, 0.717) is 9.80 Å². The Hall–Kier alpha value is -5.48. The van der Waals surface area contributed by atoms with Gasteiger partial charge in [-0.3, -0.25) is 39.4 Å². The van der Waals surface area contributed by atoms with Crippen LogP contribution in [-0.4, -0.2) is 62.4 Å². The molecule has 0 aromatic heterocycles. The number of aromatic hydroxyl groups is 1. The first-order valence-corrected chi connectivity index (χ1v) is 16.4. The average Bonchev–Trinajstić information content (AvgIpc) is 3.43. The van der Waals surface area contributed by atoms with Crippen LogP contribution >= 0.6 is 23.2 Å². The molecular weight excluding hydrogens is 731 g/mol. The second-order valence-electron chi connectivity index (χ2n) is 13.2. The molecule has 2 aliphatic heterocycles. The van der Waals surface area contributed by atoms with E-state index in [0.717, 1.165) is 47.4 Å². The van der Waals surface area contributed by atoms with Crippen molar-refractivity contribution < 1.29 is 42.9 Å². The standard InChI is InChI=1S/C34H25Cl2F2N5O9/c1-39(2)27-23(42(49)50)12-17(13-24(27)43(51)52)40-29(45)19-11-10-18-21(25(19)30(40)46)14-33(35)31(47)41(16-8-6-15(37)7-9-16)32(48)34(33,36)26(18)20-4-3-5-22(38)28(20)44/h3-10,12-13,19,21,25-26,44H,11,14H2,1-2H3/t19-,21+,25-,26+,33+,34-/m0/s1. The minimum atomic E-state index is -2.45. The van der Waals surface area contributed by atoms with Crippen LogP contribution in [0.2, 0.25) is 0 Å². The average molecular weight is 757 g/mol. The lowest BCUT2D eigenvalue weighted by Gasteiger charge is -2.50. The number of fused-ring (bicyclic) bond motifs is 4. The van der Waals surface area contributed by atoms with Crippen molar-refractivity contribution in [2.45, 2.75) is 28.5 Å². The van der Waals surface area contributed by atoms with E-state index in [1.54, 1.807) is 0 Å². The van der Waals surface area contributed by atoms with Gasteiger partial charge in [0, 0.05) is 37.7 Å². The summed E-state index contributed by atoms with van der Waals surface area (Å²) in [5.41, 5.74) is -2.44. The number of nitrogens with zero attached hydrogens (tertiary/aromatic N) is 5. The number of hydrogen-bond acceptors (Lipinski definition) is 10. The number of benzene rings is 3. The number of anilines is 3. The summed E-state index contributed by atoms with van der Waals surface area (Å²) in [7, 11) is 2.70. The van der Waals surface area contributed by atoms with Crippen LogP contribution in [0.4, 0.5) is 37.2 Å². The van der Waals surface area contributed by atoms with Crippen molar-refractivity contribution in [2.24, 2.45) is 17.8 Å². The molecule has 52 heavy (non-hydrogen) atoms. The zero-order valence-corrected chi connectivity index (χ0v) is 28.5. The quantitative estimate of drug-likeness (QED) is 0.114. The van der Waals surface area contributed by atoms with Crippen molar-refractivity contribution in [1.82, 2.24) is 0 Å². The fourth-order valence-electron chi connectivity index (χ4n) is 8.22. The molecule has 3 aromatic rings. The SMILES string of the molecule is CN(C)c1c([N+](=O)[O-])cc(N2C(=O)[C@H]3[C@H](CC=C4[C@H]3C[C@@]3(Cl)C(=O)N(c5ccc(F)cc5)C(=O)[C@@]3(Cl)[C@H]4c3cccc(F)c3O)C2=O)cc1[N+](=O)[O-]. The largest absolute Gasteiger partial charge is 0.505 e. The van der Waals surface area contributed by atoms with Crippen LogP contribution in [0.5, 0.6) is 5.75 Å². The van der Waals surface area contributed by atoms with Crippen LogP contribution in [0, 0.1) is 49.6 Å². The number of allylic oxidation sites excluding steroid dienone is 2. The monoisotopic (exact) mass is 755 g/mol. The number of hydrogen-bond donors (Lipinski definition) is 1. The summed E-state index contributed by atoms with van der Waals surface area (Å²) < 4.78 is 28.8. The first kappa shape index (κ1) is 34.9. The second kappa shape index (κ2) is 11.8. The molecule has 3 fully saturated rings. The Bertz CT molecular complexity index is 2170. The van der Waals surface area contributed by atoms with E-state index < -0.39 is 108 Å². The van der Waals surface area contributed by atoms with Crippen LogP contribution in [-0.2, 0) is 19.2 Å². The molecule has 1 N–H and O–H groups in total. The van der Waals surface area contributed by atoms with E-state index in [1.807, 2.05) is 0 Å². The number of alkyl halides is 2. The number of halogens is 4. The first-order valence-electron chi connectivity index (χ1n) is 15.7. The zero-order valence-electron chi connectivity index (χ0n) is 27.0. The molecule has 18 heteroatoms. The molecular formula is C34H25Cl2F2N5O9. The predicted molar refractivity (Wildman–Crippen MR) is 181 cm³/mol. The van der Waals surface area contributed by atoms with Gasteiger partial charge in [0.2, 0.25) is 11.8 Å². The van der Waals surface area contributed by atoms with Gasteiger partial charge in [-0.1, -0.05) is 23.8 Å². The highest BCUT2D eigenvalue weighted by Crippen LogP contribution is 2.66. The third-order valence-corrected chi connectivity index (χ3v) is 11.8. The van der Waals surface area contributed by atoms with Crippen molar-refractivity contribution in [3.8, 4) is 5.75 Å². The lowest BCUT2D eigenvalue weighted by molar-refractivity contribution is -0.392. The maximum atomic E-state index is 15.0. The Morgan fingerprint density at radius 1 is 0.865 bits per heavy atom. The van der Waals surface area contributed by atoms with Crippen molar-refractivity contribution in [1.29, 1.82) is 0 Å². The highest BCUT2D eigenvalue weighted by atomic mass is 35.5. The number of nitro benzene ring substituents is 2. The molecule has 7 rings (SSSR count). The Morgan fingerprint density at radius 3 is 2.06 bits per heavy atom. The summed E-state index contributed by atoms with van der Waals surface area (Å²) >= 11 is 14.5.